The summed E-state index contributed by atoms with van der Waals surface area (Å²) in [5.41, 5.74) is 0. The zero-order valence-electron chi connectivity index (χ0n) is 5.95. The summed E-state index contributed by atoms with van der Waals surface area (Å²) in [5.74, 6) is -0.367. The van der Waals surface area contributed by atoms with E-state index in [-0.39, 0.29) is 28.5 Å². The number of carbonyl (C=O) groups is 1. The van der Waals surface area contributed by atoms with Gasteiger partial charge in [0.2, 0.25) is 9.47 Å². The molecule has 1 rings (SSSR count). The lowest BCUT2D eigenvalue weighted by Gasteiger charge is -1.96. The third kappa shape index (κ3) is 2.40. The molecule has 0 bridgehead atoms. The average Bonchev–Trinajstić information content (AvgIpc) is 2.47. The SMILES string of the molecule is O=C(NCCO)c1nnc(Cl)s1. The van der Waals surface area contributed by atoms with Crippen molar-refractivity contribution in [2.75, 3.05) is 13.2 Å². The number of hydrogen-bond acceptors (Lipinski definition) is 5. The molecule has 0 aliphatic carbocycles. The Kier molecular flexibility index (Phi) is 3.39. The van der Waals surface area contributed by atoms with Gasteiger partial charge in [0.05, 0.1) is 6.61 Å². The van der Waals surface area contributed by atoms with E-state index in [4.69, 9.17) is 16.7 Å². The van der Waals surface area contributed by atoms with Gasteiger partial charge in [0.25, 0.3) is 5.91 Å². The summed E-state index contributed by atoms with van der Waals surface area (Å²) in [5, 5.41) is 18.0. The summed E-state index contributed by atoms with van der Waals surface area (Å²) < 4.78 is 0.226. The molecule has 1 amide bonds. The predicted octanol–water partition coefficient (Wildman–Crippen LogP) is -0.0864. The van der Waals surface area contributed by atoms with E-state index in [1.807, 2.05) is 0 Å². The largest absolute Gasteiger partial charge is 0.395 e. The zero-order chi connectivity index (χ0) is 8.97. The summed E-state index contributed by atoms with van der Waals surface area (Å²) in [6.07, 6.45) is 0. The van der Waals surface area contributed by atoms with Gasteiger partial charge >= 0.3 is 0 Å². The molecular weight excluding hydrogens is 202 g/mol. The molecule has 0 spiro atoms. The Labute approximate surface area is 77.4 Å². The second kappa shape index (κ2) is 4.34. The first kappa shape index (κ1) is 9.37. The highest BCUT2D eigenvalue weighted by Crippen LogP contribution is 2.14. The first-order valence-electron chi connectivity index (χ1n) is 3.12. The molecule has 12 heavy (non-hydrogen) atoms. The number of nitrogens with one attached hydrogen (secondary N) is 1. The minimum atomic E-state index is -0.367. The van der Waals surface area contributed by atoms with E-state index in [9.17, 15) is 4.79 Å². The summed E-state index contributed by atoms with van der Waals surface area (Å²) in [6, 6.07) is 0. The van der Waals surface area contributed by atoms with Crippen LogP contribution in [-0.2, 0) is 0 Å². The van der Waals surface area contributed by atoms with Gasteiger partial charge in [-0.1, -0.05) is 11.3 Å². The second-order valence-electron chi connectivity index (χ2n) is 1.84. The van der Waals surface area contributed by atoms with E-state index in [0.717, 1.165) is 11.3 Å². The molecule has 0 atom stereocenters. The zero-order valence-corrected chi connectivity index (χ0v) is 7.52. The number of nitrogens with zero attached hydrogens (tertiary/aromatic N) is 2. The van der Waals surface area contributed by atoms with Gasteiger partial charge in [0.15, 0.2) is 0 Å². The lowest BCUT2D eigenvalue weighted by Crippen LogP contribution is -2.26. The predicted molar refractivity (Wildman–Crippen MR) is 44.3 cm³/mol. The van der Waals surface area contributed by atoms with Gasteiger partial charge < -0.3 is 10.4 Å². The van der Waals surface area contributed by atoms with Crippen LogP contribution in [0.1, 0.15) is 9.80 Å². The number of aliphatic hydroxyl groups excluding tert-OH is 1. The molecule has 0 saturated carbocycles. The average molecular weight is 208 g/mol. The lowest BCUT2D eigenvalue weighted by molar-refractivity contribution is 0.0943. The molecule has 7 heteroatoms. The minimum Gasteiger partial charge on any atom is -0.395 e. The quantitative estimate of drug-likeness (QED) is 0.727. The fourth-order valence-corrected chi connectivity index (χ4v) is 1.29. The molecule has 1 aromatic rings. The number of carbonyl (C=O) groups excluding carboxylic acids is 1. The standard InChI is InChI=1S/C5H6ClN3O2S/c6-5-9-8-4(12-5)3(11)7-1-2-10/h10H,1-2H2,(H,7,11). The van der Waals surface area contributed by atoms with Gasteiger partial charge in [-0.05, 0) is 11.6 Å². The van der Waals surface area contributed by atoms with Crippen molar-refractivity contribution in [3.63, 3.8) is 0 Å². The van der Waals surface area contributed by atoms with Gasteiger partial charge in [-0.15, -0.1) is 10.2 Å². The molecule has 1 aromatic heterocycles. The molecule has 5 nitrogen and oxygen atoms in total. The highest BCUT2D eigenvalue weighted by Gasteiger charge is 2.10. The highest BCUT2D eigenvalue weighted by molar-refractivity contribution is 7.17. The van der Waals surface area contributed by atoms with Crippen molar-refractivity contribution in [1.82, 2.24) is 15.5 Å². The van der Waals surface area contributed by atoms with Crippen LogP contribution in [0.5, 0.6) is 0 Å². The Balaban J connectivity index is 2.53. The topological polar surface area (TPSA) is 75.1 Å². The Bertz CT molecular complexity index is 277. The number of halogens is 1. The molecule has 66 valence electrons. The van der Waals surface area contributed by atoms with E-state index >= 15 is 0 Å². The summed E-state index contributed by atoms with van der Waals surface area (Å²) in [7, 11) is 0. The van der Waals surface area contributed by atoms with E-state index in [1.165, 1.54) is 0 Å². The fraction of sp³-hybridized carbons (Fsp3) is 0.400. The van der Waals surface area contributed by atoms with Crippen molar-refractivity contribution in [2.45, 2.75) is 0 Å². The number of rotatable bonds is 3. The third-order valence-electron chi connectivity index (χ3n) is 0.992. The molecule has 2 N–H and O–H groups in total. The Morgan fingerprint density at radius 3 is 2.92 bits per heavy atom. The maximum Gasteiger partial charge on any atom is 0.282 e. The fourth-order valence-electron chi connectivity index (χ4n) is 0.542. The first-order valence-corrected chi connectivity index (χ1v) is 4.31. The van der Waals surface area contributed by atoms with Crippen LogP contribution in [0.2, 0.25) is 4.47 Å². The van der Waals surface area contributed by atoms with Crippen molar-refractivity contribution < 1.29 is 9.90 Å². The second-order valence-corrected chi connectivity index (χ2v) is 3.40. The summed E-state index contributed by atoms with van der Waals surface area (Å²) in [6.45, 7) is 0.105. The molecular formula is C5H6ClN3O2S. The number of hydrogen-bond donors (Lipinski definition) is 2. The molecule has 1 heterocycles. The molecule has 0 aliphatic rings. The van der Waals surface area contributed by atoms with E-state index in [1.54, 1.807) is 0 Å². The maximum atomic E-state index is 11.0. The van der Waals surface area contributed by atoms with Crippen molar-refractivity contribution in [3.05, 3.63) is 9.47 Å². The molecule has 0 aromatic carbocycles. The molecule has 0 unspecified atom stereocenters. The van der Waals surface area contributed by atoms with Crippen LogP contribution in [0.15, 0.2) is 0 Å². The van der Waals surface area contributed by atoms with Gasteiger partial charge in [-0.3, -0.25) is 4.79 Å². The smallest absolute Gasteiger partial charge is 0.282 e. The van der Waals surface area contributed by atoms with Gasteiger partial charge in [-0.2, -0.15) is 0 Å². The van der Waals surface area contributed by atoms with Crippen LogP contribution in [0, 0.1) is 0 Å². The number of amides is 1. The maximum absolute atomic E-state index is 11.0. The van der Waals surface area contributed by atoms with E-state index < -0.39 is 0 Å². The van der Waals surface area contributed by atoms with Gasteiger partial charge in [0, 0.05) is 6.54 Å². The Morgan fingerprint density at radius 1 is 1.67 bits per heavy atom. The number of aromatic nitrogens is 2. The molecule has 0 fully saturated rings. The van der Waals surface area contributed by atoms with E-state index in [2.05, 4.69) is 15.5 Å². The Hall–Kier alpha value is -0.720. The summed E-state index contributed by atoms with van der Waals surface area (Å²) in [4.78, 5) is 11.0. The molecule has 0 radical (unpaired) electrons. The van der Waals surface area contributed by atoms with Crippen molar-refractivity contribution >= 4 is 28.8 Å². The van der Waals surface area contributed by atoms with Crippen LogP contribution in [0.4, 0.5) is 0 Å². The first-order chi connectivity index (χ1) is 5.74. The lowest BCUT2D eigenvalue weighted by atomic mass is 10.6. The normalized spacial score (nSPS) is 9.83. The number of aliphatic hydroxyl groups is 1. The van der Waals surface area contributed by atoms with Crippen LogP contribution in [0.25, 0.3) is 0 Å². The Morgan fingerprint density at radius 2 is 2.42 bits per heavy atom. The van der Waals surface area contributed by atoms with E-state index in [0.29, 0.717) is 0 Å². The molecule has 0 saturated heterocycles. The van der Waals surface area contributed by atoms with Crippen molar-refractivity contribution in [2.24, 2.45) is 0 Å². The van der Waals surface area contributed by atoms with Crippen molar-refractivity contribution in [3.8, 4) is 0 Å². The van der Waals surface area contributed by atoms with Crippen molar-refractivity contribution in [1.29, 1.82) is 0 Å². The summed E-state index contributed by atoms with van der Waals surface area (Å²) >= 11 is 6.45. The monoisotopic (exact) mass is 207 g/mol. The molecule has 0 aliphatic heterocycles. The minimum absolute atomic E-state index is 0.0989. The van der Waals surface area contributed by atoms with Gasteiger partial charge in [-0.25, -0.2) is 0 Å². The highest BCUT2D eigenvalue weighted by atomic mass is 35.5. The van der Waals surface area contributed by atoms with Crippen LogP contribution < -0.4 is 5.32 Å². The third-order valence-corrected chi connectivity index (χ3v) is 2.01. The van der Waals surface area contributed by atoms with Gasteiger partial charge in [0.1, 0.15) is 0 Å². The van der Waals surface area contributed by atoms with Crippen LogP contribution in [0.3, 0.4) is 0 Å². The van der Waals surface area contributed by atoms with Crippen LogP contribution >= 0.6 is 22.9 Å². The van der Waals surface area contributed by atoms with Crippen LogP contribution in [-0.4, -0.2) is 34.4 Å².